The van der Waals surface area contributed by atoms with Gasteiger partial charge >= 0.3 is 4.87 Å². The third-order valence-electron chi connectivity index (χ3n) is 2.64. The molecule has 1 aromatic carbocycles. The Morgan fingerprint density at radius 1 is 1.39 bits per heavy atom. The maximum Gasteiger partial charge on any atom is 0.304 e. The molecule has 0 aliphatic carbocycles. The summed E-state index contributed by atoms with van der Waals surface area (Å²) in [6, 6.07) is 5.56. The Bertz CT molecular complexity index is 827. The van der Waals surface area contributed by atoms with Crippen LogP contribution in [0.1, 0.15) is 5.69 Å². The predicted octanol–water partition coefficient (Wildman–Crippen LogP) is 3.15. The molecule has 0 saturated heterocycles. The van der Waals surface area contributed by atoms with Crippen molar-refractivity contribution in [3.05, 3.63) is 48.7 Å². The van der Waals surface area contributed by atoms with E-state index in [4.69, 9.17) is 23.8 Å². The molecule has 0 saturated carbocycles. The standard InChI is InChI=1S/C11H8ClN3OS2/c12-6-1-2-9-8(3-6)14-10(17)15(9)4-7-5-18-11(16)13-7/h1-3,5H,4H2,(H,13,16)(H,14,17). The van der Waals surface area contributed by atoms with E-state index in [1.54, 1.807) is 5.38 Å². The minimum Gasteiger partial charge on any atom is -0.331 e. The van der Waals surface area contributed by atoms with Gasteiger partial charge in [0, 0.05) is 16.1 Å². The molecule has 0 aliphatic rings. The summed E-state index contributed by atoms with van der Waals surface area (Å²) in [5.74, 6) is 0. The summed E-state index contributed by atoms with van der Waals surface area (Å²) < 4.78 is 2.54. The van der Waals surface area contributed by atoms with E-state index in [-0.39, 0.29) is 4.87 Å². The second kappa shape index (κ2) is 4.38. The molecule has 0 radical (unpaired) electrons. The Morgan fingerprint density at radius 3 is 2.94 bits per heavy atom. The highest BCUT2D eigenvalue weighted by molar-refractivity contribution is 7.71. The lowest BCUT2D eigenvalue weighted by Crippen LogP contribution is -2.02. The number of hydrogen-bond acceptors (Lipinski definition) is 3. The zero-order chi connectivity index (χ0) is 12.7. The summed E-state index contributed by atoms with van der Waals surface area (Å²) in [6.07, 6.45) is 0. The van der Waals surface area contributed by atoms with Crippen LogP contribution in [0.5, 0.6) is 0 Å². The van der Waals surface area contributed by atoms with Gasteiger partial charge in [-0.05, 0) is 30.4 Å². The van der Waals surface area contributed by atoms with Crippen LogP contribution in [0, 0.1) is 4.77 Å². The monoisotopic (exact) mass is 297 g/mol. The highest BCUT2D eigenvalue weighted by Crippen LogP contribution is 2.19. The van der Waals surface area contributed by atoms with Gasteiger partial charge in [-0.25, -0.2) is 0 Å². The number of nitrogens with zero attached hydrogens (tertiary/aromatic N) is 1. The zero-order valence-electron chi connectivity index (χ0n) is 9.07. The second-order valence-corrected chi connectivity index (χ2v) is 5.52. The van der Waals surface area contributed by atoms with Crippen molar-refractivity contribution in [1.29, 1.82) is 0 Å². The number of H-pyrrole nitrogens is 2. The summed E-state index contributed by atoms with van der Waals surface area (Å²) in [7, 11) is 0. The van der Waals surface area contributed by atoms with Crippen LogP contribution in [-0.2, 0) is 6.54 Å². The molecule has 92 valence electrons. The fraction of sp³-hybridized carbons (Fsp3) is 0.0909. The fourth-order valence-electron chi connectivity index (χ4n) is 1.85. The number of halogens is 1. The van der Waals surface area contributed by atoms with Gasteiger partial charge in [0.1, 0.15) is 0 Å². The van der Waals surface area contributed by atoms with E-state index >= 15 is 0 Å². The molecule has 0 fully saturated rings. The van der Waals surface area contributed by atoms with Crippen LogP contribution >= 0.6 is 35.2 Å². The molecule has 4 nitrogen and oxygen atoms in total. The van der Waals surface area contributed by atoms with Crippen LogP contribution in [0.15, 0.2) is 28.4 Å². The number of imidazole rings is 1. The van der Waals surface area contributed by atoms with Gasteiger partial charge in [0.25, 0.3) is 0 Å². The van der Waals surface area contributed by atoms with Gasteiger partial charge < -0.3 is 14.5 Å². The van der Waals surface area contributed by atoms with Gasteiger partial charge in [0.05, 0.1) is 17.6 Å². The number of aromatic nitrogens is 3. The van der Waals surface area contributed by atoms with Crippen LogP contribution < -0.4 is 4.87 Å². The Labute approximate surface area is 116 Å². The number of nitrogens with one attached hydrogen (secondary N) is 2. The summed E-state index contributed by atoms with van der Waals surface area (Å²) >= 11 is 12.4. The minimum absolute atomic E-state index is 0.0561. The topological polar surface area (TPSA) is 53.6 Å². The highest BCUT2D eigenvalue weighted by atomic mass is 35.5. The molecule has 2 heterocycles. The minimum atomic E-state index is -0.0561. The summed E-state index contributed by atoms with van der Waals surface area (Å²) in [4.78, 5) is 16.9. The lowest BCUT2D eigenvalue weighted by molar-refractivity contribution is 0.789. The summed E-state index contributed by atoms with van der Waals surface area (Å²) in [5.41, 5.74) is 2.71. The van der Waals surface area contributed by atoms with Crippen LogP contribution in [0.3, 0.4) is 0 Å². The Balaban J connectivity index is 2.14. The van der Waals surface area contributed by atoms with Crippen molar-refractivity contribution in [3.63, 3.8) is 0 Å². The molecule has 3 aromatic rings. The van der Waals surface area contributed by atoms with Crippen molar-refractivity contribution in [3.8, 4) is 0 Å². The molecule has 3 rings (SSSR count). The van der Waals surface area contributed by atoms with E-state index in [9.17, 15) is 4.79 Å². The SMILES string of the molecule is O=c1[nH]c(Cn2c(=S)[nH]c3cc(Cl)ccc32)cs1. The maximum absolute atomic E-state index is 11.1. The molecule has 0 spiro atoms. The van der Waals surface area contributed by atoms with Crippen LogP contribution in [-0.4, -0.2) is 14.5 Å². The Kier molecular flexibility index (Phi) is 2.85. The molecule has 0 aliphatic heterocycles. The van der Waals surface area contributed by atoms with Crippen molar-refractivity contribution < 1.29 is 0 Å². The predicted molar refractivity (Wildman–Crippen MR) is 76.2 cm³/mol. The first-order valence-electron chi connectivity index (χ1n) is 5.18. The molecular weight excluding hydrogens is 290 g/mol. The van der Waals surface area contributed by atoms with E-state index in [1.165, 1.54) is 0 Å². The average Bonchev–Trinajstić information content (AvgIpc) is 2.84. The zero-order valence-corrected chi connectivity index (χ0v) is 11.5. The molecule has 2 aromatic heterocycles. The van der Waals surface area contributed by atoms with Gasteiger partial charge in [-0.15, -0.1) is 0 Å². The summed E-state index contributed by atoms with van der Waals surface area (Å²) in [5, 5.41) is 2.47. The van der Waals surface area contributed by atoms with E-state index in [2.05, 4.69) is 9.97 Å². The summed E-state index contributed by atoms with van der Waals surface area (Å²) in [6.45, 7) is 0.541. The molecule has 2 N–H and O–H groups in total. The third kappa shape index (κ3) is 2.03. The van der Waals surface area contributed by atoms with E-state index in [0.717, 1.165) is 28.1 Å². The van der Waals surface area contributed by atoms with Gasteiger partial charge in [0.2, 0.25) is 0 Å². The smallest absolute Gasteiger partial charge is 0.304 e. The fourth-order valence-corrected chi connectivity index (χ4v) is 2.87. The second-order valence-electron chi connectivity index (χ2n) is 3.85. The first-order chi connectivity index (χ1) is 8.63. The number of fused-ring (bicyclic) bond motifs is 1. The van der Waals surface area contributed by atoms with Gasteiger partial charge in [-0.3, -0.25) is 4.79 Å². The molecule has 7 heteroatoms. The van der Waals surface area contributed by atoms with Crippen molar-refractivity contribution in [2.75, 3.05) is 0 Å². The third-order valence-corrected chi connectivity index (χ3v) is 3.91. The molecule has 18 heavy (non-hydrogen) atoms. The van der Waals surface area contributed by atoms with Crippen molar-refractivity contribution in [2.45, 2.75) is 6.54 Å². The lowest BCUT2D eigenvalue weighted by Gasteiger charge is -2.02. The van der Waals surface area contributed by atoms with Crippen molar-refractivity contribution >= 4 is 46.2 Å². The van der Waals surface area contributed by atoms with Gasteiger partial charge in [-0.2, -0.15) is 0 Å². The Morgan fingerprint density at radius 2 is 2.22 bits per heavy atom. The first kappa shape index (κ1) is 11.7. The van der Waals surface area contributed by atoms with Gasteiger partial charge in [0.15, 0.2) is 4.77 Å². The van der Waals surface area contributed by atoms with Gasteiger partial charge in [-0.1, -0.05) is 22.9 Å². The first-order valence-corrected chi connectivity index (χ1v) is 6.85. The molecular formula is C11H8ClN3OS2. The molecule has 0 bridgehead atoms. The highest BCUT2D eigenvalue weighted by Gasteiger charge is 2.06. The number of benzene rings is 1. The number of rotatable bonds is 2. The van der Waals surface area contributed by atoms with Crippen molar-refractivity contribution in [1.82, 2.24) is 14.5 Å². The van der Waals surface area contributed by atoms with E-state index < -0.39 is 0 Å². The average molecular weight is 298 g/mol. The normalized spacial score (nSPS) is 11.2. The maximum atomic E-state index is 11.1. The Hall–Kier alpha value is -1.37. The van der Waals surface area contributed by atoms with Crippen LogP contribution in [0.2, 0.25) is 5.02 Å². The van der Waals surface area contributed by atoms with Crippen LogP contribution in [0.25, 0.3) is 11.0 Å². The van der Waals surface area contributed by atoms with Crippen molar-refractivity contribution in [2.24, 2.45) is 0 Å². The quantitative estimate of drug-likeness (QED) is 0.714. The molecule has 0 atom stereocenters. The number of aromatic amines is 2. The van der Waals surface area contributed by atoms with Crippen LogP contribution in [0.4, 0.5) is 0 Å². The largest absolute Gasteiger partial charge is 0.331 e. The lowest BCUT2D eigenvalue weighted by atomic mass is 10.3. The number of hydrogen-bond donors (Lipinski definition) is 2. The van der Waals surface area contributed by atoms with E-state index in [1.807, 2.05) is 22.8 Å². The number of thiazole rings is 1. The molecule has 0 amide bonds. The van der Waals surface area contributed by atoms with E-state index in [0.29, 0.717) is 16.3 Å². The molecule has 0 unspecified atom stereocenters.